The van der Waals surface area contributed by atoms with Crippen LogP contribution in [-0.4, -0.2) is 49.4 Å². The molecule has 0 amide bonds. The van der Waals surface area contributed by atoms with E-state index in [0.717, 1.165) is 23.0 Å². The van der Waals surface area contributed by atoms with E-state index in [0.29, 0.717) is 18.8 Å². The van der Waals surface area contributed by atoms with E-state index < -0.39 is 36.5 Å². The summed E-state index contributed by atoms with van der Waals surface area (Å²) in [4.78, 5) is 25.2. The summed E-state index contributed by atoms with van der Waals surface area (Å²) >= 11 is 0. The van der Waals surface area contributed by atoms with Gasteiger partial charge >= 0.3 is 5.97 Å². The highest BCUT2D eigenvalue weighted by Crippen LogP contribution is 2.34. The molecule has 7 heteroatoms. The smallest absolute Gasteiger partial charge is 0.338 e. The SMILES string of the molecule is C[C@@H](CC=O)[C@@H]1O[C@H](COCc2ccccc2)[C@@H](OCc2ccccc2)[C@H](OCc2ccccc2)[C@H]1OC(=O)c1ccccc1. The molecule has 4 aromatic carbocycles. The van der Waals surface area contributed by atoms with Crippen LogP contribution < -0.4 is 0 Å². The maximum Gasteiger partial charge on any atom is 0.338 e. The first-order valence-electron chi connectivity index (χ1n) is 15.4. The lowest BCUT2D eigenvalue weighted by atomic mass is 9.86. The van der Waals surface area contributed by atoms with E-state index in [2.05, 4.69) is 0 Å². The minimum atomic E-state index is -0.859. The minimum absolute atomic E-state index is 0.212. The molecule has 0 aliphatic carbocycles. The van der Waals surface area contributed by atoms with Crippen LogP contribution in [-0.2, 0) is 48.3 Å². The van der Waals surface area contributed by atoms with Crippen LogP contribution in [0.4, 0.5) is 0 Å². The van der Waals surface area contributed by atoms with Crippen LogP contribution in [0.2, 0.25) is 0 Å². The molecule has 5 rings (SSSR count). The number of ether oxygens (including phenoxy) is 5. The second-order valence-electron chi connectivity index (χ2n) is 11.3. The zero-order valence-electron chi connectivity index (χ0n) is 25.5. The maximum atomic E-state index is 13.5. The minimum Gasteiger partial charge on any atom is -0.453 e. The third-order valence-electron chi connectivity index (χ3n) is 7.92. The molecule has 0 unspecified atom stereocenters. The average Bonchev–Trinajstić information content (AvgIpc) is 3.09. The largest absolute Gasteiger partial charge is 0.453 e. The van der Waals surface area contributed by atoms with Crippen molar-refractivity contribution < 1.29 is 33.3 Å². The predicted molar refractivity (Wildman–Crippen MR) is 170 cm³/mol. The second-order valence-corrected chi connectivity index (χ2v) is 11.3. The van der Waals surface area contributed by atoms with Gasteiger partial charge in [-0.2, -0.15) is 0 Å². The van der Waals surface area contributed by atoms with Gasteiger partial charge in [0.2, 0.25) is 0 Å². The van der Waals surface area contributed by atoms with Crippen molar-refractivity contribution >= 4 is 12.3 Å². The summed E-state index contributed by atoms with van der Waals surface area (Å²) in [7, 11) is 0. The molecule has 0 radical (unpaired) electrons. The number of rotatable bonds is 15. The lowest BCUT2D eigenvalue weighted by Gasteiger charge is -2.47. The molecule has 1 aliphatic heterocycles. The van der Waals surface area contributed by atoms with Gasteiger partial charge in [-0.05, 0) is 34.7 Å². The Morgan fingerprint density at radius 2 is 1.18 bits per heavy atom. The fraction of sp³-hybridized carbons (Fsp3) is 0.316. The van der Waals surface area contributed by atoms with E-state index in [4.69, 9.17) is 23.7 Å². The summed E-state index contributed by atoms with van der Waals surface area (Å²) in [5.41, 5.74) is 3.40. The lowest BCUT2D eigenvalue weighted by molar-refractivity contribution is -0.268. The first kappa shape index (κ1) is 32.3. The summed E-state index contributed by atoms with van der Waals surface area (Å²) in [6.45, 7) is 3.08. The molecular formula is C38H40O7. The maximum absolute atomic E-state index is 13.5. The molecule has 0 aromatic heterocycles. The molecule has 0 N–H and O–H groups in total. The van der Waals surface area contributed by atoms with Gasteiger partial charge in [0.05, 0.1) is 32.0 Å². The summed E-state index contributed by atoms with van der Waals surface area (Å²) in [5, 5.41) is 0. The predicted octanol–water partition coefficient (Wildman–Crippen LogP) is 6.59. The topological polar surface area (TPSA) is 80.3 Å². The molecule has 7 nitrogen and oxygen atoms in total. The molecule has 1 heterocycles. The molecule has 0 bridgehead atoms. The highest BCUT2D eigenvalue weighted by Gasteiger charge is 2.51. The summed E-state index contributed by atoms with van der Waals surface area (Å²) < 4.78 is 32.4. The highest BCUT2D eigenvalue weighted by molar-refractivity contribution is 5.89. The highest BCUT2D eigenvalue weighted by atomic mass is 16.6. The quantitative estimate of drug-likeness (QED) is 0.111. The van der Waals surface area contributed by atoms with Crippen molar-refractivity contribution in [3.8, 4) is 0 Å². The Hall–Kier alpha value is -4.14. The first-order valence-corrected chi connectivity index (χ1v) is 15.4. The van der Waals surface area contributed by atoms with Gasteiger partial charge in [0.1, 0.15) is 30.7 Å². The molecule has 1 saturated heterocycles. The number of aldehydes is 1. The van der Waals surface area contributed by atoms with E-state index in [1.165, 1.54) is 0 Å². The summed E-state index contributed by atoms with van der Waals surface area (Å²) in [6.07, 6.45) is -2.36. The zero-order chi connectivity index (χ0) is 31.3. The van der Waals surface area contributed by atoms with Crippen molar-refractivity contribution in [2.45, 2.75) is 63.7 Å². The Bertz CT molecular complexity index is 1430. The number of benzene rings is 4. The fourth-order valence-electron chi connectivity index (χ4n) is 5.51. The van der Waals surface area contributed by atoms with Gasteiger partial charge in [-0.1, -0.05) is 116 Å². The molecule has 45 heavy (non-hydrogen) atoms. The Labute approximate surface area is 265 Å². The van der Waals surface area contributed by atoms with Crippen LogP contribution in [0.15, 0.2) is 121 Å². The number of carbonyl (C=O) groups excluding carboxylic acids is 2. The number of carbonyl (C=O) groups is 2. The molecule has 0 spiro atoms. The molecular weight excluding hydrogens is 568 g/mol. The van der Waals surface area contributed by atoms with Gasteiger partial charge in [0.25, 0.3) is 0 Å². The third kappa shape index (κ3) is 9.19. The van der Waals surface area contributed by atoms with Gasteiger partial charge < -0.3 is 28.5 Å². The molecule has 0 saturated carbocycles. The molecule has 234 valence electrons. The van der Waals surface area contributed by atoms with Gasteiger partial charge in [-0.15, -0.1) is 0 Å². The molecule has 4 aromatic rings. The summed E-state index contributed by atoms with van der Waals surface area (Å²) in [5.74, 6) is -0.771. The average molecular weight is 609 g/mol. The van der Waals surface area contributed by atoms with Crippen molar-refractivity contribution in [1.29, 1.82) is 0 Å². The number of hydrogen-bond acceptors (Lipinski definition) is 7. The lowest BCUT2D eigenvalue weighted by Crippen LogP contribution is -2.63. The first-order chi connectivity index (χ1) is 22.1. The van der Waals surface area contributed by atoms with Crippen molar-refractivity contribution in [1.82, 2.24) is 0 Å². The Balaban J connectivity index is 1.47. The van der Waals surface area contributed by atoms with Crippen LogP contribution in [0.3, 0.4) is 0 Å². The normalized spacial score (nSPS) is 21.9. The van der Waals surface area contributed by atoms with Crippen LogP contribution in [0.25, 0.3) is 0 Å². The number of esters is 1. The van der Waals surface area contributed by atoms with Gasteiger partial charge in [0, 0.05) is 6.42 Å². The van der Waals surface area contributed by atoms with Crippen molar-refractivity contribution in [2.24, 2.45) is 5.92 Å². The van der Waals surface area contributed by atoms with Crippen molar-refractivity contribution in [3.63, 3.8) is 0 Å². The monoisotopic (exact) mass is 608 g/mol. The van der Waals surface area contributed by atoms with E-state index in [1.807, 2.05) is 104 Å². The zero-order valence-corrected chi connectivity index (χ0v) is 25.5. The van der Waals surface area contributed by atoms with E-state index >= 15 is 0 Å². The van der Waals surface area contributed by atoms with Crippen LogP contribution in [0.5, 0.6) is 0 Å². The third-order valence-corrected chi connectivity index (χ3v) is 7.92. The summed E-state index contributed by atoms with van der Waals surface area (Å²) in [6, 6.07) is 38.4. The standard InChI is InChI=1S/C38H40O7/c1-28(22-23-39)34-37(45-38(40)32-20-12-5-13-21-32)36(43-26-31-18-10-4-11-19-31)35(42-25-30-16-8-3-9-17-30)33(44-34)27-41-24-29-14-6-2-7-15-29/h2-21,23,28,33-37H,22,24-27H2,1H3/t28-,33+,34-,35+,36-,37-/m0/s1. The fourth-order valence-corrected chi connectivity index (χ4v) is 5.51. The molecule has 1 aliphatic rings. The Kier molecular flexibility index (Phi) is 12.0. The van der Waals surface area contributed by atoms with Gasteiger partial charge in [0.15, 0.2) is 6.10 Å². The second kappa shape index (κ2) is 16.8. The Morgan fingerprint density at radius 1 is 0.689 bits per heavy atom. The molecule has 1 fully saturated rings. The van der Waals surface area contributed by atoms with E-state index in [1.54, 1.807) is 24.3 Å². The van der Waals surface area contributed by atoms with Crippen LogP contribution in [0, 0.1) is 5.92 Å². The number of hydrogen-bond donors (Lipinski definition) is 0. The van der Waals surface area contributed by atoms with E-state index in [-0.39, 0.29) is 25.6 Å². The van der Waals surface area contributed by atoms with Gasteiger partial charge in [-0.25, -0.2) is 4.79 Å². The van der Waals surface area contributed by atoms with Crippen LogP contribution in [0.1, 0.15) is 40.4 Å². The van der Waals surface area contributed by atoms with E-state index in [9.17, 15) is 9.59 Å². The van der Waals surface area contributed by atoms with Gasteiger partial charge in [-0.3, -0.25) is 0 Å². The van der Waals surface area contributed by atoms with Crippen molar-refractivity contribution in [3.05, 3.63) is 144 Å². The molecule has 6 atom stereocenters. The Morgan fingerprint density at radius 3 is 1.71 bits per heavy atom. The van der Waals surface area contributed by atoms with Crippen molar-refractivity contribution in [2.75, 3.05) is 6.61 Å². The van der Waals surface area contributed by atoms with Crippen LogP contribution >= 0.6 is 0 Å².